The van der Waals surface area contributed by atoms with Crippen LogP contribution in [-0.2, 0) is 0 Å². The number of aromatic nitrogens is 2. The maximum atomic E-state index is 5.72. The van der Waals surface area contributed by atoms with Gasteiger partial charge in [-0.25, -0.2) is 9.97 Å². The van der Waals surface area contributed by atoms with Crippen LogP contribution in [0.4, 0.5) is 5.82 Å². The van der Waals surface area contributed by atoms with Gasteiger partial charge in [0.15, 0.2) is 5.82 Å². The molecule has 0 radical (unpaired) electrons. The minimum absolute atomic E-state index is 0.455. The topological polar surface area (TPSA) is 75.9 Å². The molecule has 4 rings (SSSR count). The molecule has 0 bridgehead atoms. The molecule has 0 aliphatic heterocycles. The molecule has 3 aromatic carbocycles. The Balaban J connectivity index is 1.49. The van der Waals surface area contributed by atoms with E-state index in [-0.39, 0.29) is 0 Å². The molecule has 0 saturated heterocycles. The van der Waals surface area contributed by atoms with Gasteiger partial charge in [-0.05, 0) is 96.4 Å². The van der Waals surface area contributed by atoms with Crippen LogP contribution in [0.25, 0.3) is 34.2 Å². The highest BCUT2D eigenvalue weighted by molar-refractivity contribution is 14.1. The van der Waals surface area contributed by atoms with Gasteiger partial charge in [0.1, 0.15) is 5.82 Å². The quantitative estimate of drug-likeness (QED) is 0.146. The lowest BCUT2D eigenvalue weighted by Gasteiger charge is -2.15. The second-order valence-corrected chi connectivity index (χ2v) is 9.79. The lowest BCUT2D eigenvalue weighted by atomic mass is 10.0. The summed E-state index contributed by atoms with van der Waals surface area (Å²) in [7, 11) is 2.00. The SMILES string of the molecule is CNC(CCN)CCCNc1nc(C=Cc2ccc(-c3ccccc3)cc2)nc2ccc(I)cc12. The second kappa shape index (κ2) is 12.8. The first-order valence-corrected chi connectivity index (χ1v) is 13.2. The minimum atomic E-state index is 0.455. The van der Waals surface area contributed by atoms with Crippen molar-refractivity contribution in [2.24, 2.45) is 5.73 Å². The van der Waals surface area contributed by atoms with E-state index in [1.807, 2.05) is 19.2 Å². The standard InChI is InChI=1S/C29H32IN5/c1-32-25(17-18-31)8-5-19-33-29-26-20-24(30)14-15-27(26)34-28(35-29)16-11-21-9-12-23(13-10-21)22-6-3-2-4-7-22/h2-4,6-7,9-16,20,25,32H,5,8,17-19,31H2,1H3,(H,33,34,35). The van der Waals surface area contributed by atoms with Gasteiger partial charge in [0, 0.05) is 21.5 Å². The van der Waals surface area contributed by atoms with E-state index in [0.717, 1.165) is 48.1 Å². The van der Waals surface area contributed by atoms with Crippen molar-refractivity contribution in [3.05, 3.63) is 87.8 Å². The Bertz CT molecular complexity index is 1260. The highest BCUT2D eigenvalue weighted by atomic mass is 127. The van der Waals surface area contributed by atoms with E-state index in [1.54, 1.807) is 0 Å². The minimum Gasteiger partial charge on any atom is -0.369 e. The van der Waals surface area contributed by atoms with Crippen LogP contribution >= 0.6 is 22.6 Å². The number of halogens is 1. The van der Waals surface area contributed by atoms with Crippen LogP contribution in [0, 0.1) is 3.57 Å². The van der Waals surface area contributed by atoms with Crippen LogP contribution in [0.3, 0.4) is 0 Å². The normalized spacial score (nSPS) is 12.3. The first-order valence-electron chi connectivity index (χ1n) is 12.1. The maximum absolute atomic E-state index is 5.72. The predicted molar refractivity (Wildman–Crippen MR) is 157 cm³/mol. The van der Waals surface area contributed by atoms with Gasteiger partial charge in [-0.3, -0.25) is 0 Å². The fraction of sp³-hybridized carbons (Fsp3) is 0.241. The van der Waals surface area contributed by atoms with Gasteiger partial charge in [0.05, 0.1) is 5.52 Å². The Morgan fingerprint density at radius 2 is 1.69 bits per heavy atom. The van der Waals surface area contributed by atoms with Crippen molar-refractivity contribution in [2.45, 2.75) is 25.3 Å². The lowest BCUT2D eigenvalue weighted by Crippen LogP contribution is -2.28. The van der Waals surface area contributed by atoms with Crippen LogP contribution in [-0.4, -0.2) is 36.1 Å². The summed E-state index contributed by atoms with van der Waals surface area (Å²) in [5, 5.41) is 7.95. The van der Waals surface area contributed by atoms with Gasteiger partial charge >= 0.3 is 0 Å². The summed E-state index contributed by atoms with van der Waals surface area (Å²) in [6, 6.07) is 25.7. The molecule has 0 aliphatic rings. The highest BCUT2D eigenvalue weighted by Gasteiger charge is 2.09. The number of nitrogens with two attached hydrogens (primary N) is 1. The summed E-state index contributed by atoms with van der Waals surface area (Å²) >= 11 is 2.33. The Kier molecular flexibility index (Phi) is 9.22. The monoisotopic (exact) mass is 577 g/mol. The summed E-state index contributed by atoms with van der Waals surface area (Å²) in [6.45, 7) is 1.56. The molecular weight excluding hydrogens is 545 g/mol. The zero-order valence-corrected chi connectivity index (χ0v) is 22.2. The third-order valence-corrected chi connectivity index (χ3v) is 6.73. The number of anilines is 1. The third kappa shape index (κ3) is 7.10. The first kappa shape index (κ1) is 25.3. The summed E-state index contributed by atoms with van der Waals surface area (Å²) in [5.41, 5.74) is 10.2. The largest absolute Gasteiger partial charge is 0.369 e. The van der Waals surface area contributed by atoms with Crippen LogP contribution in [0.5, 0.6) is 0 Å². The second-order valence-electron chi connectivity index (χ2n) is 8.55. The fourth-order valence-electron chi connectivity index (χ4n) is 4.11. The number of benzene rings is 3. The Hall–Kier alpha value is -2.81. The average molecular weight is 578 g/mol. The Labute approximate surface area is 221 Å². The van der Waals surface area contributed by atoms with Crippen molar-refractivity contribution in [2.75, 3.05) is 25.5 Å². The number of fused-ring (bicyclic) bond motifs is 1. The molecule has 0 amide bonds. The molecule has 4 N–H and O–H groups in total. The predicted octanol–water partition coefficient (Wildman–Crippen LogP) is 6.20. The van der Waals surface area contributed by atoms with Crippen molar-refractivity contribution >= 4 is 51.5 Å². The molecule has 0 aliphatic carbocycles. The Morgan fingerprint density at radius 3 is 2.43 bits per heavy atom. The molecule has 0 fully saturated rings. The highest BCUT2D eigenvalue weighted by Crippen LogP contribution is 2.24. The molecule has 1 aromatic heterocycles. The third-order valence-electron chi connectivity index (χ3n) is 6.06. The number of hydrogen-bond donors (Lipinski definition) is 3. The van der Waals surface area contributed by atoms with E-state index >= 15 is 0 Å². The van der Waals surface area contributed by atoms with Gasteiger partial charge in [-0.1, -0.05) is 60.7 Å². The molecule has 1 atom stereocenters. The molecular formula is C29H32IN5. The smallest absolute Gasteiger partial charge is 0.154 e. The fourth-order valence-corrected chi connectivity index (χ4v) is 4.60. The number of nitrogens with zero attached hydrogens (tertiary/aromatic N) is 2. The van der Waals surface area contributed by atoms with E-state index in [4.69, 9.17) is 15.7 Å². The van der Waals surface area contributed by atoms with Crippen LogP contribution in [0.1, 0.15) is 30.7 Å². The van der Waals surface area contributed by atoms with Gasteiger partial charge in [-0.2, -0.15) is 0 Å². The summed E-state index contributed by atoms with van der Waals surface area (Å²) in [4.78, 5) is 9.63. The van der Waals surface area contributed by atoms with Crippen LogP contribution in [0.15, 0.2) is 72.8 Å². The van der Waals surface area contributed by atoms with Gasteiger partial charge in [0.2, 0.25) is 0 Å². The number of nitrogens with one attached hydrogen (secondary N) is 2. The van der Waals surface area contributed by atoms with E-state index in [2.05, 4.69) is 106 Å². The lowest BCUT2D eigenvalue weighted by molar-refractivity contribution is 0.485. The molecule has 1 unspecified atom stereocenters. The number of rotatable bonds is 11. The molecule has 5 nitrogen and oxygen atoms in total. The van der Waals surface area contributed by atoms with Gasteiger partial charge in [-0.15, -0.1) is 0 Å². The zero-order valence-electron chi connectivity index (χ0n) is 20.0. The summed E-state index contributed by atoms with van der Waals surface area (Å²) in [5.74, 6) is 1.58. The average Bonchev–Trinajstić information content (AvgIpc) is 2.90. The van der Waals surface area contributed by atoms with Crippen LogP contribution < -0.4 is 16.4 Å². The Morgan fingerprint density at radius 1 is 0.914 bits per heavy atom. The van der Waals surface area contributed by atoms with Crippen molar-refractivity contribution in [1.29, 1.82) is 0 Å². The molecule has 4 aromatic rings. The summed E-state index contributed by atoms with van der Waals surface area (Å²) in [6.07, 6.45) is 7.16. The van der Waals surface area contributed by atoms with Gasteiger partial charge in [0.25, 0.3) is 0 Å². The molecule has 6 heteroatoms. The van der Waals surface area contributed by atoms with Crippen molar-refractivity contribution in [3.8, 4) is 11.1 Å². The number of hydrogen-bond acceptors (Lipinski definition) is 5. The van der Waals surface area contributed by atoms with Crippen LogP contribution in [0.2, 0.25) is 0 Å². The molecule has 180 valence electrons. The van der Waals surface area contributed by atoms with E-state index in [1.165, 1.54) is 14.7 Å². The maximum Gasteiger partial charge on any atom is 0.154 e. The molecule has 0 spiro atoms. The molecule has 0 saturated carbocycles. The van der Waals surface area contributed by atoms with E-state index < -0.39 is 0 Å². The van der Waals surface area contributed by atoms with E-state index in [0.29, 0.717) is 18.4 Å². The van der Waals surface area contributed by atoms with Crippen molar-refractivity contribution in [1.82, 2.24) is 15.3 Å². The van der Waals surface area contributed by atoms with Crippen molar-refractivity contribution < 1.29 is 0 Å². The van der Waals surface area contributed by atoms with Gasteiger partial charge < -0.3 is 16.4 Å². The first-order chi connectivity index (χ1) is 17.2. The molecule has 35 heavy (non-hydrogen) atoms. The van der Waals surface area contributed by atoms with E-state index in [9.17, 15) is 0 Å². The summed E-state index contributed by atoms with van der Waals surface area (Å²) < 4.78 is 1.17. The zero-order chi connectivity index (χ0) is 24.5. The van der Waals surface area contributed by atoms with Crippen molar-refractivity contribution in [3.63, 3.8) is 0 Å². The molecule has 1 heterocycles.